The van der Waals surface area contributed by atoms with E-state index < -0.39 is 0 Å². The molecule has 1 amide bonds. The summed E-state index contributed by atoms with van der Waals surface area (Å²) in [5, 5.41) is 6.28. The van der Waals surface area contributed by atoms with Gasteiger partial charge in [-0.25, -0.2) is 4.39 Å². The molecule has 21 heavy (non-hydrogen) atoms. The van der Waals surface area contributed by atoms with Crippen LogP contribution in [0, 0.1) is 5.82 Å². The first-order valence-electron chi connectivity index (χ1n) is 7.46. The fourth-order valence-electron chi connectivity index (χ4n) is 2.74. The van der Waals surface area contributed by atoms with Crippen LogP contribution in [0.2, 0.25) is 0 Å². The normalized spacial score (nSPS) is 19.3. The lowest BCUT2D eigenvalue weighted by Crippen LogP contribution is -2.29. The number of methoxy groups -OCH3 is 1. The zero-order valence-electron chi connectivity index (χ0n) is 12.6. The Morgan fingerprint density at radius 2 is 2.38 bits per heavy atom. The molecular formula is C16H23FN2O2. The molecule has 1 aromatic carbocycles. The number of ether oxygens (including phenoxy) is 1. The number of carbonyl (C=O) groups excluding carboxylic acids is 1. The molecular weight excluding hydrogens is 271 g/mol. The maximum absolute atomic E-state index is 13.4. The Labute approximate surface area is 125 Å². The number of benzene rings is 1. The van der Waals surface area contributed by atoms with Crippen molar-refractivity contribution in [2.24, 2.45) is 0 Å². The minimum Gasteiger partial charge on any atom is -0.496 e. The molecule has 2 rings (SSSR count). The Kier molecular flexibility index (Phi) is 5.56. The maximum atomic E-state index is 13.4. The molecule has 1 fully saturated rings. The van der Waals surface area contributed by atoms with Crippen molar-refractivity contribution in [3.8, 4) is 5.75 Å². The summed E-state index contributed by atoms with van der Waals surface area (Å²) >= 11 is 0. The molecule has 0 saturated carbocycles. The van der Waals surface area contributed by atoms with Gasteiger partial charge in [0.25, 0.3) is 0 Å². The van der Waals surface area contributed by atoms with Crippen molar-refractivity contribution in [2.75, 3.05) is 13.7 Å². The Morgan fingerprint density at radius 1 is 1.57 bits per heavy atom. The van der Waals surface area contributed by atoms with Crippen LogP contribution < -0.4 is 15.4 Å². The number of hydrogen-bond acceptors (Lipinski definition) is 3. The fourth-order valence-corrected chi connectivity index (χ4v) is 2.74. The molecule has 0 bridgehead atoms. The number of amides is 1. The van der Waals surface area contributed by atoms with Crippen molar-refractivity contribution in [1.29, 1.82) is 0 Å². The maximum Gasteiger partial charge on any atom is 0.220 e. The highest BCUT2D eigenvalue weighted by Gasteiger charge is 2.18. The van der Waals surface area contributed by atoms with Gasteiger partial charge in [0.1, 0.15) is 11.6 Å². The second-order valence-electron chi connectivity index (χ2n) is 5.51. The monoisotopic (exact) mass is 294 g/mol. The largest absolute Gasteiger partial charge is 0.496 e. The molecule has 116 valence electrons. The van der Waals surface area contributed by atoms with E-state index in [-0.39, 0.29) is 17.8 Å². The zero-order chi connectivity index (χ0) is 15.2. The van der Waals surface area contributed by atoms with Crippen LogP contribution in [-0.2, 0) is 4.79 Å². The van der Waals surface area contributed by atoms with Crippen LogP contribution in [0.1, 0.15) is 44.2 Å². The first kappa shape index (κ1) is 15.8. The molecule has 1 aliphatic heterocycles. The van der Waals surface area contributed by atoms with Crippen LogP contribution >= 0.6 is 0 Å². The van der Waals surface area contributed by atoms with Crippen LogP contribution in [0.15, 0.2) is 18.2 Å². The standard InChI is InChI=1S/C16H23FN2O2/c1-11(14-10-12(17)5-7-15(14)21-2)19-16(20)8-6-13-4-3-9-18-13/h5,7,10-11,13,18H,3-4,6,8-9H2,1-2H3,(H,19,20). The molecule has 5 heteroatoms. The summed E-state index contributed by atoms with van der Waals surface area (Å²) in [6.45, 7) is 2.88. The number of nitrogens with one attached hydrogen (secondary N) is 2. The minimum absolute atomic E-state index is 0.0116. The topological polar surface area (TPSA) is 50.4 Å². The molecule has 4 nitrogen and oxygen atoms in total. The van der Waals surface area contributed by atoms with E-state index in [0.29, 0.717) is 23.8 Å². The van der Waals surface area contributed by atoms with E-state index >= 15 is 0 Å². The second-order valence-corrected chi connectivity index (χ2v) is 5.51. The second kappa shape index (κ2) is 7.41. The van der Waals surface area contributed by atoms with Gasteiger partial charge in [-0.3, -0.25) is 4.79 Å². The minimum atomic E-state index is -0.331. The molecule has 0 aliphatic carbocycles. The van der Waals surface area contributed by atoms with Gasteiger partial charge in [0.05, 0.1) is 13.2 Å². The Hall–Kier alpha value is -1.62. The van der Waals surface area contributed by atoms with Gasteiger partial charge in [0.2, 0.25) is 5.91 Å². The summed E-state index contributed by atoms with van der Waals surface area (Å²) in [5.74, 6) is 0.242. The first-order chi connectivity index (χ1) is 10.1. The van der Waals surface area contributed by atoms with E-state index in [0.717, 1.165) is 19.4 Å². The lowest BCUT2D eigenvalue weighted by molar-refractivity contribution is -0.121. The summed E-state index contributed by atoms with van der Waals surface area (Å²) < 4.78 is 18.6. The van der Waals surface area contributed by atoms with Gasteiger partial charge >= 0.3 is 0 Å². The van der Waals surface area contributed by atoms with E-state index in [1.54, 1.807) is 6.07 Å². The van der Waals surface area contributed by atoms with Crippen molar-refractivity contribution < 1.29 is 13.9 Å². The van der Waals surface area contributed by atoms with Crippen molar-refractivity contribution >= 4 is 5.91 Å². The van der Waals surface area contributed by atoms with Crippen LogP contribution in [0.3, 0.4) is 0 Å². The van der Waals surface area contributed by atoms with Crippen LogP contribution in [-0.4, -0.2) is 25.6 Å². The number of rotatable bonds is 6. The molecule has 2 unspecified atom stereocenters. The van der Waals surface area contributed by atoms with Crippen molar-refractivity contribution in [1.82, 2.24) is 10.6 Å². The van der Waals surface area contributed by atoms with E-state index in [1.165, 1.54) is 25.7 Å². The Morgan fingerprint density at radius 3 is 3.05 bits per heavy atom. The summed E-state index contributed by atoms with van der Waals surface area (Å²) in [5.41, 5.74) is 0.657. The van der Waals surface area contributed by atoms with Gasteiger partial charge in [-0.2, -0.15) is 0 Å². The van der Waals surface area contributed by atoms with Gasteiger partial charge < -0.3 is 15.4 Å². The molecule has 1 heterocycles. The summed E-state index contributed by atoms with van der Waals surface area (Å²) in [6.07, 6.45) is 3.65. The van der Waals surface area contributed by atoms with Crippen LogP contribution in [0.5, 0.6) is 5.75 Å². The molecule has 0 radical (unpaired) electrons. The van der Waals surface area contributed by atoms with Crippen LogP contribution in [0.25, 0.3) is 0 Å². The number of halogens is 1. The molecule has 1 aliphatic rings. The average Bonchev–Trinajstić information content (AvgIpc) is 2.98. The van der Waals surface area contributed by atoms with E-state index in [2.05, 4.69) is 10.6 Å². The third-order valence-electron chi connectivity index (χ3n) is 3.92. The lowest BCUT2D eigenvalue weighted by Gasteiger charge is -2.18. The highest BCUT2D eigenvalue weighted by Crippen LogP contribution is 2.25. The smallest absolute Gasteiger partial charge is 0.220 e. The van der Waals surface area contributed by atoms with E-state index in [4.69, 9.17) is 4.74 Å². The van der Waals surface area contributed by atoms with Gasteiger partial charge in [-0.15, -0.1) is 0 Å². The fraction of sp³-hybridized carbons (Fsp3) is 0.562. The van der Waals surface area contributed by atoms with Crippen molar-refractivity contribution in [3.63, 3.8) is 0 Å². The Bertz CT molecular complexity index is 487. The van der Waals surface area contributed by atoms with Crippen molar-refractivity contribution in [3.05, 3.63) is 29.6 Å². The molecule has 2 atom stereocenters. The molecule has 0 spiro atoms. The van der Waals surface area contributed by atoms with Gasteiger partial charge in [0.15, 0.2) is 0 Å². The van der Waals surface area contributed by atoms with Crippen LogP contribution in [0.4, 0.5) is 4.39 Å². The zero-order valence-corrected chi connectivity index (χ0v) is 12.6. The summed E-state index contributed by atoms with van der Waals surface area (Å²) in [6, 6.07) is 4.51. The summed E-state index contributed by atoms with van der Waals surface area (Å²) in [4.78, 5) is 12.0. The molecule has 2 N–H and O–H groups in total. The Balaban J connectivity index is 1.89. The molecule has 0 aromatic heterocycles. The van der Waals surface area contributed by atoms with E-state index in [1.807, 2.05) is 6.92 Å². The van der Waals surface area contributed by atoms with Gasteiger partial charge in [-0.05, 0) is 50.9 Å². The third-order valence-corrected chi connectivity index (χ3v) is 3.92. The highest BCUT2D eigenvalue weighted by atomic mass is 19.1. The van der Waals surface area contributed by atoms with Gasteiger partial charge in [0, 0.05) is 18.0 Å². The lowest BCUT2D eigenvalue weighted by atomic mass is 10.1. The van der Waals surface area contributed by atoms with E-state index in [9.17, 15) is 9.18 Å². The third kappa shape index (κ3) is 4.43. The summed E-state index contributed by atoms with van der Waals surface area (Å²) in [7, 11) is 1.54. The molecule has 1 aromatic rings. The number of carbonyl (C=O) groups is 1. The average molecular weight is 294 g/mol. The van der Waals surface area contributed by atoms with Crippen molar-refractivity contribution in [2.45, 2.75) is 44.7 Å². The number of hydrogen-bond donors (Lipinski definition) is 2. The predicted molar refractivity (Wildman–Crippen MR) is 79.8 cm³/mol. The predicted octanol–water partition coefficient (Wildman–Crippen LogP) is 2.54. The quantitative estimate of drug-likeness (QED) is 0.847. The highest BCUT2D eigenvalue weighted by molar-refractivity contribution is 5.76. The first-order valence-corrected chi connectivity index (χ1v) is 7.46. The SMILES string of the molecule is COc1ccc(F)cc1C(C)NC(=O)CCC1CCCN1. The van der Waals surface area contributed by atoms with Gasteiger partial charge in [-0.1, -0.05) is 0 Å². The molecule has 1 saturated heterocycles.